The number of hydrogen-bond acceptors (Lipinski definition) is 0. The first-order chi connectivity index (χ1) is 0. The van der Waals surface area contributed by atoms with Gasteiger partial charge in [0.25, 0.3) is 0 Å². The maximum atomic E-state index is 0. The fourth-order valence-electron chi connectivity index (χ4n) is 0. The zero-order valence-corrected chi connectivity index (χ0v) is 14.4. The molecule has 0 amide bonds. The number of rotatable bonds is 0. The molecule has 0 spiro atoms. The van der Waals surface area contributed by atoms with Gasteiger partial charge in [-0.1, -0.05) is 0 Å². The van der Waals surface area contributed by atoms with Crippen molar-refractivity contribution < 1.29 is 69.5 Å². The van der Waals surface area contributed by atoms with Crippen molar-refractivity contribution >= 4 is 27.3 Å². The Hall–Kier alpha value is 2.35. The van der Waals surface area contributed by atoms with Gasteiger partial charge >= 0.3 is 27.3 Å². The minimum absolute atomic E-state index is 0. The number of hydrogen-bond donors (Lipinski definition) is 0. The molecule has 46 valence electrons. The third-order valence-corrected chi connectivity index (χ3v) is 0. The first kappa shape index (κ1) is 118. The smallest absolute Gasteiger partial charge is 0 e. The van der Waals surface area contributed by atoms with E-state index in [0.717, 1.165) is 0 Å². The second kappa shape index (κ2) is 81.8. The van der Waals surface area contributed by atoms with Crippen molar-refractivity contribution in [1.29, 1.82) is 0 Å². The molecular weight excluding hydrogens is 498 g/mol. The predicted octanol–water partition coefficient (Wildman–Crippen LogP) is -4.22. The van der Waals surface area contributed by atoms with Gasteiger partial charge in [-0.2, -0.15) is 0 Å². The summed E-state index contributed by atoms with van der Waals surface area (Å²) < 4.78 is 0. The Bertz CT molecular complexity index is 11.7. The Morgan fingerprint density at radius 1 is 0.571 bits per heavy atom. The Balaban J connectivity index is 0. The molecular formula is H10HfO4PbTi. The minimum Gasteiger partial charge on any atom is 0 e. The molecule has 0 aromatic carbocycles. The Morgan fingerprint density at radius 2 is 0.571 bits per heavy atom. The predicted molar refractivity (Wildman–Crippen MR) is 23.0 cm³/mol. The SMILES string of the molecule is O.O.O.O.[Hf].[PbH2].[Ti]. The van der Waals surface area contributed by atoms with Gasteiger partial charge in [0.15, 0.2) is 0 Å². The van der Waals surface area contributed by atoms with Gasteiger partial charge in [-0.25, -0.2) is 0 Å². The zero-order chi connectivity index (χ0) is 0. The van der Waals surface area contributed by atoms with Gasteiger partial charge < -0.3 is 21.9 Å². The van der Waals surface area contributed by atoms with Crippen LogP contribution in [0.2, 0.25) is 0 Å². The molecule has 0 saturated carbocycles. The first-order valence-electron chi connectivity index (χ1n) is 0. The van der Waals surface area contributed by atoms with Gasteiger partial charge in [0.1, 0.15) is 0 Å². The Labute approximate surface area is 95.5 Å². The monoisotopic (exact) mass is 510 g/mol. The summed E-state index contributed by atoms with van der Waals surface area (Å²) in [6, 6.07) is 0. The molecule has 0 unspecified atom stereocenters. The third kappa shape index (κ3) is 61.1. The van der Waals surface area contributed by atoms with E-state index in [-0.39, 0.29) is 96.8 Å². The van der Waals surface area contributed by atoms with Crippen LogP contribution in [-0.4, -0.2) is 49.2 Å². The summed E-state index contributed by atoms with van der Waals surface area (Å²) in [7, 11) is 0. The van der Waals surface area contributed by atoms with Crippen LogP contribution in [0.3, 0.4) is 0 Å². The fraction of sp³-hybridized carbons (Fsp3) is 0. The molecule has 4 nitrogen and oxygen atoms in total. The maximum absolute atomic E-state index is 0. The quantitative estimate of drug-likeness (QED) is 0.295. The fourth-order valence-corrected chi connectivity index (χ4v) is 0. The van der Waals surface area contributed by atoms with Crippen molar-refractivity contribution in [2.24, 2.45) is 0 Å². The summed E-state index contributed by atoms with van der Waals surface area (Å²) in [6.07, 6.45) is 0. The first-order valence-corrected chi connectivity index (χ1v) is 0. The van der Waals surface area contributed by atoms with Crippen LogP contribution in [0.5, 0.6) is 0 Å². The molecule has 0 aromatic heterocycles. The van der Waals surface area contributed by atoms with Crippen molar-refractivity contribution in [3.05, 3.63) is 0 Å². The zero-order valence-electron chi connectivity index (χ0n) is 3.71. The maximum Gasteiger partial charge on any atom is 0 e. The standard InChI is InChI=1S/Hf.4H2O.Pb.Ti.2H/h;4*1H2;;;;. The summed E-state index contributed by atoms with van der Waals surface area (Å²) in [5.74, 6) is 0. The van der Waals surface area contributed by atoms with Crippen LogP contribution in [0.25, 0.3) is 0 Å². The van der Waals surface area contributed by atoms with E-state index in [1.54, 1.807) is 0 Å². The van der Waals surface area contributed by atoms with E-state index in [0.29, 0.717) is 0 Å². The van der Waals surface area contributed by atoms with E-state index in [4.69, 9.17) is 0 Å². The molecule has 8 N–H and O–H groups in total. The Morgan fingerprint density at radius 3 is 0.571 bits per heavy atom. The molecule has 7 heteroatoms. The topological polar surface area (TPSA) is 126 Å². The second-order valence-corrected chi connectivity index (χ2v) is 0. The van der Waals surface area contributed by atoms with Crippen LogP contribution >= 0.6 is 0 Å². The molecule has 0 bridgehead atoms. The molecule has 0 aliphatic rings. The van der Waals surface area contributed by atoms with Gasteiger partial charge in [-0.05, 0) is 0 Å². The van der Waals surface area contributed by atoms with Crippen LogP contribution in [0.1, 0.15) is 0 Å². The molecule has 7 heavy (non-hydrogen) atoms. The van der Waals surface area contributed by atoms with Crippen molar-refractivity contribution in [3.63, 3.8) is 0 Å². The normalized spacial score (nSPS) is 0. The molecule has 0 aromatic rings. The summed E-state index contributed by atoms with van der Waals surface area (Å²) in [6.45, 7) is 0. The van der Waals surface area contributed by atoms with E-state index in [9.17, 15) is 0 Å². The van der Waals surface area contributed by atoms with Crippen molar-refractivity contribution in [1.82, 2.24) is 0 Å². The summed E-state index contributed by atoms with van der Waals surface area (Å²) >= 11 is 0. The molecule has 0 heterocycles. The molecule has 2 radical (unpaired) electrons. The van der Waals surface area contributed by atoms with Gasteiger partial charge in [0.05, 0.1) is 0 Å². The van der Waals surface area contributed by atoms with E-state index >= 15 is 0 Å². The van der Waals surface area contributed by atoms with Crippen LogP contribution in [0.4, 0.5) is 0 Å². The van der Waals surface area contributed by atoms with Crippen LogP contribution < -0.4 is 0 Å². The molecule has 0 aliphatic carbocycles. The van der Waals surface area contributed by atoms with E-state index in [1.807, 2.05) is 0 Å². The summed E-state index contributed by atoms with van der Waals surface area (Å²) in [5, 5.41) is 0. The van der Waals surface area contributed by atoms with Crippen LogP contribution in [0.15, 0.2) is 0 Å². The molecule has 0 atom stereocenters. The molecule has 0 saturated heterocycles. The second-order valence-electron chi connectivity index (χ2n) is 0. The third-order valence-electron chi connectivity index (χ3n) is 0. The van der Waals surface area contributed by atoms with Gasteiger partial charge in [0.2, 0.25) is 0 Å². The molecule has 0 fully saturated rings. The van der Waals surface area contributed by atoms with Crippen LogP contribution in [-0.2, 0) is 47.6 Å². The van der Waals surface area contributed by atoms with E-state index in [2.05, 4.69) is 0 Å². The van der Waals surface area contributed by atoms with Crippen molar-refractivity contribution in [3.8, 4) is 0 Å². The summed E-state index contributed by atoms with van der Waals surface area (Å²) in [5.41, 5.74) is 0. The van der Waals surface area contributed by atoms with Gasteiger partial charge in [-0.3, -0.25) is 0 Å². The molecule has 0 aliphatic heterocycles. The van der Waals surface area contributed by atoms with Gasteiger partial charge in [0, 0.05) is 47.6 Å². The van der Waals surface area contributed by atoms with Crippen molar-refractivity contribution in [2.45, 2.75) is 0 Å². The van der Waals surface area contributed by atoms with Gasteiger partial charge in [-0.15, -0.1) is 0 Å². The van der Waals surface area contributed by atoms with E-state index in [1.165, 1.54) is 0 Å². The minimum atomic E-state index is 0. The molecule has 0 rings (SSSR count). The van der Waals surface area contributed by atoms with E-state index < -0.39 is 0 Å². The van der Waals surface area contributed by atoms with Crippen molar-refractivity contribution in [2.75, 3.05) is 0 Å². The average molecular weight is 508 g/mol. The largest absolute Gasteiger partial charge is 0 e. The average Bonchev–Trinajstić information content (AvgIpc) is 0. The Kier molecular flexibility index (Phi) is 1380. The van der Waals surface area contributed by atoms with Crippen LogP contribution in [0, 0.1) is 0 Å². The summed E-state index contributed by atoms with van der Waals surface area (Å²) in [4.78, 5) is 0.